The number of piperazine rings is 1. The average Bonchev–Trinajstić information content (AvgIpc) is 2.75. The second kappa shape index (κ2) is 8.37. The van der Waals surface area contributed by atoms with Crippen LogP contribution in [0.2, 0.25) is 5.15 Å². The molecule has 2 N–H and O–H groups in total. The van der Waals surface area contributed by atoms with E-state index in [-0.39, 0.29) is 16.4 Å². The third-order valence-electron chi connectivity index (χ3n) is 5.05. The molecule has 1 saturated heterocycles. The topological polar surface area (TPSA) is 94.2 Å². The number of rotatable bonds is 4. The van der Waals surface area contributed by atoms with Crippen molar-refractivity contribution >= 4 is 34.2 Å². The van der Waals surface area contributed by atoms with Gasteiger partial charge in [-0.1, -0.05) is 17.7 Å². The molecule has 0 unspecified atom stereocenters. The number of carbonyl (C=O) groups excluding carboxylic acids is 1. The highest BCUT2D eigenvalue weighted by molar-refractivity contribution is 6.32. The van der Waals surface area contributed by atoms with Gasteiger partial charge in [0.15, 0.2) is 11.0 Å². The predicted molar refractivity (Wildman–Crippen MR) is 112 cm³/mol. The van der Waals surface area contributed by atoms with Crippen molar-refractivity contribution in [2.75, 3.05) is 38.1 Å². The molecule has 3 aromatic rings. The average molecular weight is 434 g/mol. The van der Waals surface area contributed by atoms with Crippen LogP contribution in [0.25, 0.3) is 11.0 Å². The van der Waals surface area contributed by atoms with Gasteiger partial charge in [-0.15, -0.1) is 0 Å². The molecule has 1 aromatic carbocycles. The van der Waals surface area contributed by atoms with Crippen molar-refractivity contribution in [2.24, 2.45) is 0 Å². The standard InChI is InChI=1S/C20H20ClFN6O2/c1-23-20(30)14-4-5-15(19(21)25-14)28-8-6-27(7-9-28)11-12-2-3-13-18(17(12)22)26-16(29)10-24-13/h2-5,10H,6-9,11H2,1H3,(H,23,30)(H,26,29)/i1D3. The maximum atomic E-state index is 14.9. The highest BCUT2D eigenvalue weighted by Gasteiger charge is 2.22. The molecule has 10 heteroatoms. The van der Waals surface area contributed by atoms with Crippen LogP contribution in [0.1, 0.15) is 20.2 Å². The van der Waals surface area contributed by atoms with E-state index in [4.69, 9.17) is 15.7 Å². The second-order valence-electron chi connectivity index (χ2n) is 6.90. The molecule has 0 bridgehead atoms. The Morgan fingerprint density at radius 1 is 1.30 bits per heavy atom. The molecule has 0 aliphatic carbocycles. The largest absolute Gasteiger partial charge is 0.366 e. The van der Waals surface area contributed by atoms with Crippen molar-refractivity contribution in [3.8, 4) is 0 Å². The summed E-state index contributed by atoms with van der Waals surface area (Å²) in [5.74, 6) is -1.32. The van der Waals surface area contributed by atoms with E-state index in [2.05, 4.69) is 19.9 Å². The summed E-state index contributed by atoms with van der Waals surface area (Å²) in [6, 6.07) is 6.40. The Balaban J connectivity index is 1.41. The van der Waals surface area contributed by atoms with Gasteiger partial charge in [-0.3, -0.25) is 14.5 Å². The van der Waals surface area contributed by atoms with Crippen LogP contribution in [0.15, 0.2) is 35.3 Å². The Labute approximate surface area is 180 Å². The number of aromatic nitrogens is 3. The van der Waals surface area contributed by atoms with Crippen molar-refractivity contribution in [1.29, 1.82) is 0 Å². The van der Waals surface area contributed by atoms with E-state index in [1.807, 2.05) is 10.2 Å². The minimum absolute atomic E-state index is 0.0854. The molecule has 0 saturated carbocycles. The van der Waals surface area contributed by atoms with Crippen molar-refractivity contribution < 1.29 is 13.3 Å². The lowest BCUT2D eigenvalue weighted by Gasteiger charge is -2.36. The predicted octanol–water partition coefficient (Wildman–Crippen LogP) is 1.79. The molecule has 8 nitrogen and oxygen atoms in total. The van der Waals surface area contributed by atoms with Crippen molar-refractivity contribution in [1.82, 2.24) is 25.2 Å². The van der Waals surface area contributed by atoms with Gasteiger partial charge in [-0.25, -0.2) is 14.4 Å². The Bertz CT molecular complexity index is 1260. The zero-order valence-corrected chi connectivity index (χ0v) is 16.5. The van der Waals surface area contributed by atoms with E-state index in [0.717, 1.165) is 6.20 Å². The molecule has 0 radical (unpaired) electrons. The smallest absolute Gasteiger partial charge is 0.269 e. The summed E-state index contributed by atoms with van der Waals surface area (Å²) in [6.07, 6.45) is 1.12. The molecular weight excluding hydrogens is 411 g/mol. The fourth-order valence-electron chi connectivity index (χ4n) is 3.48. The monoisotopic (exact) mass is 433 g/mol. The molecule has 1 amide bonds. The maximum Gasteiger partial charge on any atom is 0.269 e. The second-order valence-corrected chi connectivity index (χ2v) is 7.26. The molecule has 2 aromatic heterocycles. The zero-order chi connectivity index (χ0) is 23.8. The third kappa shape index (κ3) is 3.99. The van der Waals surface area contributed by atoms with Crippen LogP contribution >= 0.6 is 11.6 Å². The number of hydrogen-bond donors (Lipinski definition) is 2. The molecule has 1 aliphatic heterocycles. The van der Waals surface area contributed by atoms with Crippen LogP contribution in [0.5, 0.6) is 0 Å². The first-order valence-corrected chi connectivity index (χ1v) is 9.61. The fraction of sp³-hybridized carbons (Fsp3) is 0.300. The highest BCUT2D eigenvalue weighted by Crippen LogP contribution is 2.26. The van der Waals surface area contributed by atoms with Crippen LogP contribution in [-0.2, 0) is 6.54 Å². The van der Waals surface area contributed by atoms with E-state index >= 15 is 0 Å². The SMILES string of the molecule is [2H]C([2H])([2H])NC(=O)c1ccc(N2CCN(Cc3ccc4ncc(=O)[nH]c4c3F)CC2)c(Cl)n1. The molecule has 0 atom stereocenters. The Kier molecular flexibility index (Phi) is 4.67. The number of hydrogen-bond acceptors (Lipinski definition) is 6. The fourth-order valence-corrected chi connectivity index (χ4v) is 3.76. The molecule has 1 fully saturated rings. The van der Waals surface area contributed by atoms with Crippen LogP contribution in [0.3, 0.4) is 0 Å². The first-order valence-electron chi connectivity index (χ1n) is 10.7. The Morgan fingerprint density at radius 3 is 2.83 bits per heavy atom. The number of fused-ring (bicyclic) bond motifs is 1. The van der Waals surface area contributed by atoms with Gasteiger partial charge in [-0.2, -0.15) is 0 Å². The summed E-state index contributed by atoms with van der Waals surface area (Å²) in [5, 5.41) is 1.97. The molecule has 3 heterocycles. The number of benzene rings is 1. The Morgan fingerprint density at radius 2 is 2.10 bits per heavy atom. The molecular formula is C20H20ClFN6O2. The first kappa shape index (κ1) is 16.7. The molecule has 30 heavy (non-hydrogen) atoms. The van der Waals surface area contributed by atoms with E-state index in [9.17, 15) is 14.0 Å². The van der Waals surface area contributed by atoms with Crippen molar-refractivity contribution in [3.63, 3.8) is 0 Å². The quantitative estimate of drug-likeness (QED) is 0.609. The summed E-state index contributed by atoms with van der Waals surface area (Å²) in [4.78, 5) is 38.0. The third-order valence-corrected chi connectivity index (χ3v) is 5.33. The molecule has 156 valence electrons. The van der Waals surface area contributed by atoms with E-state index in [0.29, 0.717) is 49.5 Å². The number of H-pyrrole nitrogens is 1. The van der Waals surface area contributed by atoms with E-state index in [1.54, 1.807) is 18.2 Å². The van der Waals surface area contributed by atoms with Crippen LogP contribution in [0, 0.1) is 5.82 Å². The number of amides is 1. The summed E-state index contributed by atoms with van der Waals surface area (Å²) < 4.78 is 36.2. The minimum atomic E-state index is -2.61. The number of halogens is 2. The molecule has 0 spiro atoms. The molecule has 1 aliphatic rings. The first-order chi connectivity index (χ1) is 15.6. The van der Waals surface area contributed by atoms with Gasteiger partial charge in [0.05, 0.1) is 17.4 Å². The van der Waals surface area contributed by atoms with Gasteiger partial charge in [0.2, 0.25) is 0 Å². The van der Waals surface area contributed by atoms with Crippen LogP contribution in [-0.4, -0.2) is 58.9 Å². The summed E-state index contributed by atoms with van der Waals surface area (Å²) in [6.45, 7) is 0.187. The maximum absolute atomic E-state index is 14.9. The van der Waals surface area contributed by atoms with E-state index in [1.165, 1.54) is 6.07 Å². The normalized spacial score (nSPS) is 16.7. The van der Waals surface area contributed by atoms with Gasteiger partial charge in [0.25, 0.3) is 11.5 Å². The van der Waals surface area contributed by atoms with Crippen LogP contribution in [0.4, 0.5) is 10.1 Å². The van der Waals surface area contributed by atoms with Crippen molar-refractivity contribution in [3.05, 3.63) is 63.0 Å². The number of nitrogens with one attached hydrogen (secondary N) is 2. The Hall–Kier alpha value is -3.04. The minimum Gasteiger partial charge on any atom is -0.366 e. The van der Waals surface area contributed by atoms with Gasteiger partial charge in [-0.05, 0) is 18.2 Å². The summed E-state index contributed by atoms with van der Waals surface area (Å²) >= 11 is 6.26. The highest BCUT2D eigenvalue weighted by atomic mass is 35.5. The lowest BCUT2D eigenvalue weighted by molar-refractivity contribution is 0.0958. The van der Waals surface area contributed by atoms with Crippen LogP contribution < -0.4 is 15.8 Å². The van der Waals surface area contributed by atoms with Gasteiger partial charge in [0, 0.05) is 49.4 Å². The van der Waals surface area contributed by atoms with Gasteiger partial charge < -0.3 is 15.2 Å². The number of aromatic amines is 1. The summed E-state index contributed by atoms with van der Waals surface area (Å²) in [7, 11) is 0. The van der Waals surface area contributed by atoms with Gasteiger partial charge in [0.1, 0.15) is 11.2 Å². The zero-order valence-electron chi connectivity index (χ0n) is 18.8. The number of nitrogens with zero attached hydrogens (tertiary/aromatic N) is 4. The summed E-state index contributed by atoms with van der Waals surface area (Å²) in [5.41, 5.74) is 1.03. The molecule has 4 rings (SSSR count). The lowest BCUT2D eigenvalue weighted by atomic mass is 10.1. The van der Waals surface area contributed by atoms with Crippen molar-refractivity contribution in [2.45, 2.75) is 6.54 Å². The number of carbonyl (C=O) groups is 1. The van der Waals surface area contributed by atoms with Gasteiger partial charge >= 0.3 is 0 Å². The number of anilines is 1. The number of pyridine rings is 1. The lowest BCUT2D eigenvalue weighted by Crippen LogP contribution is -2.46. The van der Waals surface area contributed by atoms with E-state index < -0.39 is 24.3 Å².